The maximum Gasteiger partial charge on any atom is 0.239 e. The van der Waals surface area contributed by atoms with Gasteiger partial charge in [-0.25, -0.2) is 3.97 Å². The predicted octanol–water partition coefficient (Wildman–Crippen LogP) is 2.22. The van der Waals surface area contributed by atoms with Crippen LogP contribution in [0.5, 0.6) is 5.88 Å². The molecule has 0 amide bonds. The van der Waals surface area contributed by atoms with Gasteiger partial charge in [0.2, 0.25) is 5.88 Å². The molecule has 1 N–H and O–H groups in total. The van der Waals surface area contributed by atoms with E-state index in [0.29, 0.717) is 18.1 Å². The molecule has 78 valence electrons. The third-order valence-corrected chi connectivity index (χ3v) is 2.77. The van der Waals surface area contributed by atoms with Crippen LogP contribution in [-0.4, -0.2) is 22.1 Å². The first-order valence-electron chi connectivity index (χ1n) is 4.56. The molecule has 3 rings (SSSR count). The Morgan fingerprint density at radius 3 is 3.40 bits per heavy atom. The summed E-state index contributed by atoms with van der Waals surface area (Å²) >= 11 is 0.134. The van der Waals surface area contributed by atoms with Crippen molar-refractivity contribution in [3.8, 4) is 5.88 Å². The lowest BCUT2D eigenvalue weighted by Crippen LogP contribution is -2.18. The molecule has 3 heterocycles. The van der Waals surface area contributed by atoms with Gasteiger partial charge in [-0.3, -0.25) is 0 Å². The summed E-state index contributed by atoms with van der Waals surface area (Å²) in [6.07, 6.45) is 1.65. The molecule has 15 heavy (non-hydrogen) atoms. The summed E-state index contributed by atoms with van der Waals surface area (Å²) in [4.78, 5) is 4.26. The van der Waals surface area contributed by atoms with Gasteiger partial charge in [-0.1, -0.05) is 0 Å². The number of pyridine rings is 1. The molecule has 0 radical (unpaired) electrons. The molecule has 2 aromatic rings. The monoisotopic (exact) mass is 225 g/mol. The maximum atomic E-state index is 12.5. The largest absolute Gasteiger partial charge is 0.474 e. The number of nitrogens with zero attached hydrogens (tertiary/aromatic N) is 2. The highest BCUT2D eigenvalue weighted by atomic mass is 32.2. The summed E-state index contributed by atoms with van der Waals surface area (Å²) in [5, 5.41) is 4.08. The Bertz CT molecular complexity index is 513. The van der Waals surface area contributed by atoms with E-state index in [1.807, 2.05) is 12.1 Å². The number of hydrogen-bond donors (Lipinski definition) is 1. The fourth-order valence-corrected chi connectivity index (χ4v) is 1.96. The minimum absolute atomic E-state index is 0.134. The molecule has 4 nitrogen and oxygen atoms in total. The van der Waals surface area contributed by atoms with E-state index in [1.54, 1.807) is 6.20 Å². The van der Waals surface area contributed by atoms with Crippen LogP contribution in [0.4, 0.5) is 9.57 Å². The topological polar surface area (TPSA) is 39.1 Å². The Morgan fingerprint density at radius 1 is 1.60 bits per heavy atom. The van der Waals surface area contributed by atoms with Gasteiger partial charge in [-0.15, -0.1) is 3.89 Å². The van der Waals surface area contributed by atoms with Gasteiger partial charge in [-0.2, -0.15) is 4.98 Å². The van der Waals surface area contributed by atoms with Crippen molar-refractivity contribution in [2.45, 2.75) is 0 Å². The number of fused-ring (bicyclic) bond motifs is 2. The molecule has 6 heteroatoms. The molecule has 0 fully saturated rings. The van der Waals surface area contributed by atoms with Crippen LogP contribution >= 0.6 is 12.3 Å². The van der Waals surface area contributed by atoms with Crippen LogP contribution in [-0.2, 0) is 0 Å². The molecule has 1 aliphatic heterocycles. The molecule has 0 saturated heterocycles. The first-order valence-corrected chi connectivity index (χ1v) is 5.24. The normalized spacial score (nSPS) is 14.5. The Morgan fingerprint density at radius 2 is 2.53 bits per heavy atom. The number of ether oxygens (including phenoxy) is 1. The van der Waals surface area contributed by atoms with Crippen LogP contribution in [0.15, 0.2) is 18.3 Å². The van der Waals surface area contributed by atoms with Gasteiger partial charge >= 0.3 is 0 Å². The third kappa shape index (κ3) is 1.32. The van der Waals surface area contributed by atoms with E-state index in [2.05, 4.69) is 10.3 Å². The molecule has 0 spiro atoms. The van der Waals surface area contributed by atoms with E-state index >= 15 is 0 Å². The van der Waals surface area contributed by atoms with E-state index in [-0.39, 0.29) is 12.3 Å². The summed E-state index contributed by atoms with van der Waals surface area (Å²) in [6, 6.07) is 3.75. The van der Waals surface area contributed by atoms with Crippen molar-refractivity contribution >= 4 is 29.1 Å². The minimum atomic E-state index is 0.134. The van der Waals surface area contributed by atoms with Gasteiger partial charge in [0, 0.05) is 18.1 Å². The molecule has 0 unspecified atom stereocenters. The fourth-order valence-electron chi connectivity index (χ4n) is 1.65. The van der Waals surface area contributed by atoms with Crippen molar-refractivity contribution in [3.63, 3.8) is 0 Å². The maximum absolute atomic E-state index is 12.5. The highest BCUT2D eigenvalue weighted by Gasteiger charge is 2.14. The third-order valence-electron chi connectivity index (χ3n) is 2.32. The summed E-state index contributed by atoms with van der Waals surface area (Å²) in [5.74, 6) is 0.544. The van der Waals surface area contributed by atoms with E-state index in [4.69, 9.17) is 4.74 Å². The van der Waals surface area contributed by atoms with Crippen molar-refractivity contribution < 1.29 is 8.62 Å². The van der Waals surface area contributed by atoms with Crippen LogP contribution in [0.2, 0.25) is 0 Å². The molecular weight excluding hydrogens is 217 g/mol. The highest BCUT2D eigenvalue weighted by molar-refractivity contribution is 7.92. The lowest BCUT2D eigenvalue weighted by atomic mass is 10.3. The van der Waals surface area contributed by atoms with E-state index in [0.717, 1.165) is 17.6 Å². The number of hydrogen-bond acceptors (Lipinski definition) is 4. The number of halogens is 1. The van der Waals surface area contributed by atoms with Gasteiger partial charge in [0.1, 0.15) is 6.61 Å². The molecule has 0 atom stereocenters. The van der Waals surface area contributed by atoms with Gasteiger partial charge in [0.15, 0.2) is 18.0 Å². The summed E-state index contributed by atoms with van der Waals surface area (Å²) < 4.78 is 19.3. The van der Waals surface area contributed by atoms with E-state index in [1.165, 1.54) is 3.97 Å². The van der Waals surface area contributed by atoms with Crippen molar-refractivity contribution in [3.05, 3.63) is 18.3 Å². The zero-order valence-electron chi connectivity index (χ0n) is 7.74. The number of anilines is 1. The van der Waals surface area contributed by atoms with Gasteiger partial charge in [0.25, 0.3) is 0 Å². The molecule has 0 saturated carbocycles. The zero-order valence-corrected chi connectivity index (χ0v) is 8.55. The average molecular weight is 225 g/mol. The highest BCUT2D eigenvalue weighted by Crippen LogP contribution is 2.30. The summed E-state index contributed by atoms with van der Waals surface area (Å²) in [5.41, 5.74) is 1.46. The second-order valence-electron chi connectivity index (χ2n) is 3.24. The van der Waals surface area contributed by atoms with Gasteiger partial charge in [-0.05, 0) is 12.1 Å². The van der Waals surface area contributed by atoms with E-state index in [9.17, 15) is 3.89 Å². The Balaban J connectivity index is 2.23. The molecule has 0 aromatic carbocycles. The molecule has 1 aliphatic rings. The summed E-state index contributed by atoms with van der Waals surface area (Å²) in [6.45, 7) is 1.37. The average Bonchev–Trinajstić information content (AvgIpc) is 2.68. The van der Waals surface area contributed by atoms with Crippen LogP contribution in [0.1, 0.15) is 0 Å². The first-order chi connectivity index (χ1) is 7.38. The Labute approximate surface area is 89.9 Å². The number of nitrogens with one attached hydrogen (secondary N) is 1. The van der Waals surface area contributed by atoms with E-state index < -0.39 is 0 Å². The summed E-state index contributed by atoms with van der Waals surface area (Å²) in [7, 11) is 0. The Hall–Kier alpha value is -1.43. The van der Waals surface area contributed by atoms with Gasteiger partial charge < -0.3 is 10.1 Å². The van der Waals surface area contributed by atoms with Crippen molar-refractivity contribution in [2.75, 3.05) is 18.5 Å². The number of rotatable bonds is 1. The predicted molar refractivity (Wildman–Crippen MR) is 57.8 cm³/mol. The zero-order chi connectivity index (χ0) is 10.3. The van der Waals surface area contributed by atoms with Gasteiger partial charge in [0.05, 0.1) is 5.69 Å². The smallest absolute Gasteiger partial charge is 0.239 e. The minimum Gasteiger partial charge on any atom is -0.474 e. The lowest BCUT2D eigenvalue weighted by molar-refractivity contribution is 0.311. The van der Waals surface area contributed by atoms with Crippen LogP contribution in [0.3, 0.4) is 0 Å². The molecule has 0 aliphatic carbocycles. The van der Waals surface area contributed by atoms with Crippen LogP contribution in [0.25, 0.3) is 11.0 Å². The number of aromatic nitrogens is 2. The van der Waals surface area contributed by atoms with Crippen LogP contribution in [0, 0.1) is 0 Å². The van der Waals surface area contributed by atoms with Crippen molar-refractivity contribution in [2.24, 2.45) is 0 Å². The molecule has 0 bridgehead atoms. The van der Waals surface area contributed by atoms with Crippen molar-refractivity contribution in [1.82, 2.24) is 8.96 Å². The fraction of sp³-hybridized carbons (Fsp3) is 0.222. The lowest BCUT2D eigenvalue weighted by Gasteiger charge is -2.17. The second kappa shape index (κ2) is 3.30. The second-order valence-corrected chi connectivity index (χ2v) is 3.77. The van der Waals surface area contributed by atoms with Crippen LogP contribution < -0.4 is 10.1 Å². The molecular formula is C9H8FN3OS. The quantitative estimate of drug-likeness (QED) is 0.807. The van der Waals surface area contributed by atoms with Crippen molar-refractivity contribution in [1.29, 1.82) is 0 Å². The standard InChI is InChI=1S/C9H8FN3OS/c10-15-13-3-1-6-5-7-9(12-8(6)13)14-4-2-11-7/h1,3,5,11H,2,4H2. The Kier molecular flexibility index (Phi) is 1.95. The molecule has 2 aromatic heterocycles. The first kappa shape index (κ1) is 8.84. The SMILES string of the molecule is FSn1ccc2cc3c(nc21)OCCN3.